The van der Waals surface area contributed by atoms with Crippen LogP contribution in [0.5, 0.6) is 0 Å². The lowest BCUT2D eigenvalue weighted by Gasteiger charge is -2.36. The summed E-state index contributed by atoms with van der Waals surface area (Å²) >= 11 is 0. The molecule has 158 valence electrons. The monoisotopic (exact) mass is 438 g/mol. The minimum atomic E-state index is -3.84. The number of para-hydroxylation sites is 1. The maximum atomic E-state index is 12.3. The number of rotatable bonds is 8. The normalized spacial score (nSPS) is 16.1. The van der Waals surface area contributed by atoms with Crippen molar-refractivity contribution in [1.29, 1.82) is 0 Å². The van der Waals surface area contributed by atoms with Crippen molar-refractivity contribution in [2.24, 2.45) is 5.14 Å². The fraction of sp³-hybridized carbons (Fsp3) is 0.368. The number of primary sulfonamides is 1. The number of hydrogen-bond acceptors (Lipinski definition) is 6. The topological polar surface area (TPSA) is 113 Å². The molecule has 2 aromatic carbocycles. The van der Waals surface area contributed by atoms with Gasteiger partial charge in [-0.3, -0.25) is 4.90 Å². The van der Waals surface area contributed by atoms with E-state index in [1.165, 1.54) is 30.0 Å². The molecule has 2 aromatic rings. The standard InChI is InChI=1S/C19H26N4O4S2/c20-28(24,25)18-7-9-19(10-8-18)29(26,27)21-11-4-12-22-13-15-23(16-14-22)17-5-2-1-3-6-17/h1-3,5-10,21H,4,11-16H2,(H2,20,24,25). The van der Waals surface area contributed by atoms with Crippen molar-refractivity contribution in [3.63, 3.8) is 0 Å². The van der Waals surface area contributed by atoms with Crippen LogP contribution in [0.4, 0.5) is 5.69 Å². The molecule has 3 rings (SSSR count). The molecule has 1 heterocycles. The van der Waals surface area contributed by atoms with Crippen LogP contribution in [0.3, 0.4) is 0 Å². The van der Waals surface area contributed by atoms with Crippen LogP contribution in [0.2, 0.25) is 0 Å². The average Bonchev–Trinajstić information content (AvgIpc) is 2.72. The van der Waals surface area contributed by atoms with E-state index in [-0.39, 0.29) is 9.79 Å². The third-order valence-electron chi connectivity index (χ3n) is 4.90. The molecule has 0 saturated carbocycles. The molecule has 0 spiro atoms. The summed E-state index contributed by atoms with van der Waals surface area (Å²) in [6.45, 7) is 4.92. The summed E-state index contributed by atoms with van der Waals surface area (Å²) in [5.41, 5.74) is 1.23. The second-order valence-corrected chi connectivity index (χ2v) is 10.3. The number of piperazine rings is 1. The largest absolute Gasteiger partial charge is 0.369 e. The van der Waals surface area contributed by atoms with Gasteiger partial charge in [0.1, 0.15) is 0 Å². The zero-order valence-corrected chi connectivity index (χ0v) is 17.7. The van der Waals surface area contributed by atoms with E-state index in [2.05, 4.69) is 26.7 Å². The van der Waals surface area contributed by atoms with Gasteiger partial charge in [0, 0.05) is 38.4 Å². The molecule has 1 aliphatic heterocycles. The number of benzene rings is 2. The first-order chi connectivity index (χ1) is 13.8. The minimum Gasteiger partial charge on any atom is -0.369 e. The third-order valence-corrected chi connectivity index (χ3v) is 7.31. The van der Waals surface area contributed by atoms with Crippen LogP contribution in [0.15, 0.2) is 64.4 Å². The molecular formula is C19H26N4O4S2. The summed E-state index contributed by atoms with van der Waals surface area (Å²) in [5, 5.41) is 5.03. The van der Waals surface area contributed by atoms with Crippen LogP contribution in [-0.2, 0) is 20.0 Å². The van der Waals surface area contributed by atoms with E-state index in [4.69, 9.17) is 5.14 Å². The van der Waals surface area contributed by atoms with Crippen molar-refractivity contribution < 1.29 is 16.8 Å². The van der Waals surface area contributed by atoms with Gasteiger partial charge in [-0.15, -0.1) is 0 Å². The van der Waals surface area contributed by atoms with Gasteiger partial charge in [0.25, 0.3) is 0 Å². The first-order valence-electron chi connectivity index (χ1n) is 9.41. The third kappa shape index (κ3) is 6.00. The summed E-state index contributed by atoms with van der Waals surface area (Å²) in [6, 6.07) is 15.2. The van der Waals surface area contributed by atoms with Crippen LogP contribution < -0.4 is 14.8 Å². The predicted octanol–water partition coefficient (Wildman–Crippen LogP) is 0.825. The molecule has 0 radical (unpaired) electrons. The van der Waals surface area contributed by atoms with Gasteiger partial charge in [-0.05, 0) is 49.4 Å². The molecule has 0 atom stereocenters. The van der Waals surface area contributed by atoms with Crippen LogP contribution in [0, 0.1) is 0 Å². The zero-order chi connectivity index (χ0) is 20.9. The van der Waals surface area contributed by atoms with Crippen molar-refractivity contribution in [2.75, 3.05) is 44.2 Å². The lowest BCUT2D eigenvalue weighted by molar-refractivity contribution is 0.255. The molecule has 3 N–H and O–H groups in total. The summed E-state index contributed by atoms with van der Waals surface area (Å²) in [4.78, 5) is 4.58. The lowest BCUT2D eigenvalue weighted by atomic mass is 10.2. The van der Waals surface area contributed by atoms with Gasteiger partial charge in [0.2, 0.25) is 20.0 Å². The van der Waals surface area contributed by atoms with E-state index >= 15 is 0 Å². The fourth-order valence-electron chi connectivity index (χ4n) is 3.27. The van der Waals surface area contributed by atoms with Crippen molar-refractivity contribution in [1.82, 2.24) is 9.62 Å². The molecule has 0 bridgehead atoms. The average molecular weight is 439 g/mol. The number of sulfonamides is 2. The molecule has 29 heavy (non-hydrogen) atoms. The van der Waals surface area contributed by atoms with Crippen LogP contribution in [-0.4, -0.2) is 61.0 Å². The zero-order valence-electron chi connectivity index (χ0n) is 16.1. The first-order valence-corrected chi connectivity index (χ1v) is 12.4. The highest BCUT2D eigenvalue weighted by atomic mass is 32.2. The van der Waals surface area contributed by atoms with E-state index in [9.17, 15) is 16.8 Å². The van der Waals surface area contributed by atoms with Crippen molar-refractivity contribution in [3.05, 3.63) is 54.6 Å². The van der Waals surface area contributed by atoms with Crippen molar-refractivity contribution in [2.45, 2.75) is 16.2 Å². The Balaban J connectivity index is 1.42. The molecule has 1 fully saturated rings. The Bertz CT molecular complexity index is 1000. The maximum absolute atomic E-state index is 12.3. The molecule has 0 amide bonds. The SMILES string of the molecule is NS(=O)(=O)c1ccc(S(=O)(=O)NCCCN2CCN(c3ccccc3)CC2)cc1. The van der Waals surface area contributed by atoms with E-state index < -0.39 is 20.0 Å². The Morgan fingerprint density at radius 2 is 1.41 bits per heavy atom. The smallest absolute Gasteiger partial charge is 0.240 e. The molecule has 1 aliphatic rings. The van der Waals surface area contributed by atoms with Gasteiger partial charge in [0.15, 0.2) is 0 Å². The van der Waals surface area contributed by atoms with Crippen LogP contribution in [0.25, 0.3) is 0 Å². The quantitative estimate of drug-likeness (QED) is 0.590. The molecule has 1 saturated heterocycles. The second-order valence-electron chi connectivity index (χ2n) is 6.93. The molecule has 0 aliphatic carbocycles. The van der Waals surface area contributed by atoms with Gasteiger partial charge >= 0.3 is 0 Å². The Kier molecular flexibility index (Phi) is 6.91. The summed E-state index contributed by atoms with van der Waals surface area (Å²) in [6.07, 6.45) is 0.694. The number of nitrogens with one attached hydrogen (secondary N) is 1. The number of hydrogen-bond donors (Lipinski definition) is 2. The Labute approximate surface area is 172 Å². The summed E-state index contributed by atoms with van der Waals surface area (Å²) in [5.74, 6) is 0. The molecular weight excluding hydrogens is 412 g/mol. The first kappa shape index (κ1) is 21.7. The Hall–Kier alpha value is -1.98. The van der Waals surface area contributed by atoms with Gasteiger partial charge in [-0.25, -0.2) is 26.7 Å². The second kappa shape index (κ2) is 9.23. The highest BCUT2D eigenvalue weighted by Gasteiger charge is 2.18. The number of nitrogens with two attached hydrogens (primary N) is 1. The minimum absolute atomic E-state index is 0.0152. The van der Waals surface area contributed by atoms with Gasteiger partial charge < -0.3 is 4.90 Å². The molecule has 8 nitrogen and oxygen atoms in total. The van der Waals surface area contributed by atoms with Crippen molar-refractivity contribution in [3.8, 4) is 0 Å². The van der Waals surface area contributed by atoms with Gasteiger partial charge in [-0.2, -0.15) is 0 Å². The molecule has 10 heteroatoms. The highest BCUT2D eigenvalue weighted by Crippen LogP contribution is 2.16. The Morgan fingerprint density at radius 3 is 2.00 bits per heavy atom. The predicted molar refractivity (Wildman–Crippen MR) is 113 cm³/mol. The van der Waals surface area contributed by atoms with E-state index in [0.717, 1.165) is 32.7 Å². The maximum Gasteiger partial charge on any atom is 0.240 e. The summed E-state index contributed by atoms with van der Waals surface area (Å²) < 4.78 is 49.7. The molecule has 0 aromatic heterocycles. The van der Waals surface area contributed by atoms with Gasteiger partial charge in [-0.1, -0.05) is 18.2 Å². The van der Waals surface area contributed by atoms with E-state index in [1.54, 1.807) is 0 Å². The van der Waals surface area contributed by atoms with Crippen LogP contribution >= 0.6 is 0 Å². The van der Waals surface area contributed by atoms with E-state index in [1.807, 2.05) is 18.2 Å². The summed E-state index contributed by atoms with van der Waals surface area (Å²) in [7, 11) is -7.53. The number of nitrogens with zero attached hydrogens (tertiary/aromatic N) is 2. The van der Waals surface area contributed by atoms with Crippen molar-refractivity contribution >= 4 is 25.7 Å². The lowest BCUT2D eigenvalue weighted by Crippen LogP contribution is -2.47. The van der Waals surface area contributed by atoms with E-state index in [0.29, 0.717) is 13.0 Å². The fourth-order valence-corrected chi connectivity index (χ4v) is 4.86. The van der Waals surface area contributed by atoms with Crippen LogP contribution in [0.1, 0.15) is 6.42 Å². The Morgan fingerprint density at radius 1 is 0.828 bits per heavy atom. The number of anilines is 1. The van der Waals surface area contributed by atoms with Gasteiger partial charge in [0.05, 0.1) is 9.79 Å². The molecule has 0 unspecified atom stereocenters. The highest BCUT2D eigenvalue weighted by molar-refractivity contribution is 7.89.